The van der Waals surface area contributed by atoms with E-state index in [9.17, 15) is 4.79 Å². The van der Waals surface area contributed by atoms with Gasteiger partial charge in [0.2, 0.25) is 0 Å². The second kappa shape index (κ2) is 6.75. The van der Waals surface area contributed by atoms with Gasteiger partial charge in [-0.3, -0.25) is 4.79 Å². The molecule has 0 radical (unpaired) electrons. The molecule has 21 heavy (non-hydrogen) atoms. The van der Waals surface area contributed by atoms with Crippen molar-refractivity contribution < 1.29 is 4.79 Å². The van der Waals surface area contributed by atoms with Gasteiger partial charge in [0.15, 0.2) is 5.78 Å². The Balaban J connectivity index is 2.73. The van der Waals surface area contributed by atoms with Gasteiger partial charge in [0.25, 0.3) is 0 Å². The second-order valence-electron chi connectivity index (χ2n) is 5.62. The first-order valence-corrected chi connectivity index (χ1v) is 7.89. The van der Waals surface area contributed by atoms with Gasteiger partial charge >= 0.3 is 0 Å². The summed E-state index contributed by atoms with van der Waals surface area (Å²) < 4.78 is 2.18. The molecular formula is C19H25NO. The van der Waals surface area contributed by atoms with Crippen molar-refractivity contribution in [1.82, 2.24) is 4.57 Å². The molecule has 0 unspecified atom stereocenters. The zero-order chi connectivity index (χ0) is 15.4. The van der Waals surface area contributed by atoms with Gasteiger partial charge in [-0.15, -0.1) is 0 Å². The highest BCUT2D eigenvalue weighted by Gasteiger charge is 2.20. The van der Waals surface area contributed by atoms with Crippen LogP contribution in [0.3, 0.4) is 0 Å². The summed E-state index contributed by atoms with van der Waals surface area (Å²) in [6.07, 6.45) is 6.61. The number of fused-ring (bicyclic) bond motifs is 1. The quantitative estimate of drug-likeness (QED) is 0.654. The Morgan fingerprint density at radius 2 is 1.90 bits per heavy atom. The summed E-state index contributed by atoms with van der Waals surface area (Å²) in [5.41, 5.74) is 4.43. The highest BCUT2D eigenvalue weighted by Crippen LogP contribution is 2.33. The van der Waals surface area contributed by atoms with Crippen LogP contribution >= 0.6 is 0 Å². The van der Waals surface area contributed by atoms with Crippen molar-refractivity contribution in [2.45, 2.75) is 46.5 Å². The molecule has 2 rings (SSSR count). The van der Waals surface area contributed by atoms with Crippen LogP contribution in [0.4, 0.5) is 0 Å². The minimum absolute atomic E-state index is 0.153. The van der Waals surface area contributed by atoms with E-state index in [4.69, 9.17) is 0 Å². The van der Waals surface area contributed by atoms with E-state index in [1.54, 1.807) is 6.92 Å². The van der Waals surface area contributed by atoms with Crippen molar-refractivity contribution in [3.8, 4) is 0 Å². The average Bonchev–Trinajstić information content (AvgIpc) is 2.77. The first-order chi connectivity index (χ1) is 10.1. The van der Waals surface area contributed by atoms with Crippen LogP contribution in [0.2, 0.25) is 0 Å². The lowest BCUT2D eigenvalue weighted by atomic mass is 9.98. The Labute approximate surface area is 127 Å². The molecule has 0 bridgehead atoms. The van der Waals surface area contributed by atoms with Crippen molar-refractivity contribution in [3.05, 3.63) is 41.6 Å². The van der Waals surface area contributed by atoms with Gasteiger partial charge in [-0.2, -0.15) is 0 Å². The van der Waals surface area contributed by atoms with Crippen LogP contribution in [0.25, 0.3) is 16.5 Å². The molecule has 1 heterocycles. The molecule has 0 aliphatic rings. The summed E-state index contributed by atoms with van der Waals surface area (Å²) in [4.78, 5) is 12.2. The molecule has 0 N–H and O–H groups in total. The van der Waals surface area contributed by atoms with Gasteiger partial charge in [-0.25, -0.2) is 0 Å². The maximum Gasteiger partial charge on any atom is 0.162 e. The maximum atomic E-state index is 12.2. The van der Waals surface area contributed by atoms with Crippen LogP contribution in [-0.4, -0.2) is 10.4 Å². The number of aryl methyl sites for hydroxylation is 1. The molecule has 2 nitrogen and oxygen atoms in total. The summed E-state index contributed by atoms with van der Waals surface area (Å²) in [7, 11) is 2.07. The molecule has 2 heteroatoms. The van der Waals surface area contributed by atoms with E-state index >= 15 is 0 Å². The lowest BCUT2D eigenvalue weighted by molar-refractivity contribution is 0.101. The van der Waals surface area contributed by atoms with Gasteiger partial charge in [-0.05, 0) is 31.4 Å². The normalized spacial score (nSPS) is 12.1. The van der Waals surface area contributed by atoms with Gasteiger partial charge in [0.05, 0.1) is 11.3 Å². The van der Waals surface area contributed by atoms with Crippen LogP contribution in [0.15, 0.2) is 30.3 Å². The molecule has 1 aromatic carbocycles. The number of allylic oxidation sites excluding steroid dienone is 2. The summed E-state index contributed by atoms with van der Waals surface area (Å²) in [6, 6.07) is 8.19. The number of unbranched alkanes of at least 4 members (excludes halogenated alkanes) is 1. The predicted molar refractivity (Wildman–Crippen MR) is 90.7 cm³/mol. The topological polar surface area (TPSA) is 22.0 Å². The fraction of sp³-hybridized carbons (Fsp3) is 0.421. The highest BCUT2D eigenvalue weighted by atomic mass is 16.1. The van der Waals surface area contributed by atoms with Gasteiger partial charge in [0, 0.05) is 18.0 Å². The number of ketones is 1. The Morgan fingerprint density at radius 1 is 1.19 bits per heavy atom. The number of nitrogens with zero attached hydrogens (tertiary/aromatic N) is 1. The fourth-order valence-corrected chi connectivity index (χ4v) is 3.03. The van der Waals surface area contributed by atoms with Gasteiger partial charge in [0.1, 0.15) is 0 Å². The van der Waals surface area contributed by atoms with Crippen LogP contribution in [0.5, 0.6) is 0 Å². The molecule has 2 aromatic rings. The molecule has 0 fully saturated rings. The molecule has 112 valence electrons. The zero-order valence-electron chi connectivity index (χ0n) is 13.6. The second-order valence-corrected chi connectivity index (χ2v) is 5.62. The van der Waals surface area contributed by atoms with E-state index in [0.29, 0.717) is 0 Å². The molecule has 0 amide bonds. The minimum Gasteiger partial charge on any atom is -0.343 e. The van der Waals surface area contributed by atoms with E-state index in [0.717, 1.165) is 47.8 Å². The largest absolute Gasteiger partial charge is 0.343 e. The van der Waals surface area contributed by atoms with Crippen LogP contribution in [0.1, 0.15) is 62.5 Å². The average molecular weight is 283 g/mol. The Morgan fingerprint density at radius 3 is 2.52 bits per heavy atom. The summed E-state index contributed by atoms with van der Waals surface area (Å²) in [5, 5.41) is 1.07. The number of rotatable bonds is 6. The van der Waals surface area contributed by atoms with Crippen molar-refractivity contribution in [1.29, 1.82) is 0 Å². The minimum atomic E-state index is 0.153. The van der Waals surface area contributed by atoms with Crippen molar-refractivity contribution in [2.75, 3.05) is 0 Å². The molecule has 0 saturated carbocycles. The fourth-order valence-electron chi connectivity index (χ4n) is 3.03. The van der Waals surface area contributed by atoms with E-state index in [1.807, 2.05) is 12.1 Å². The molecule has 0 saturated heterocycles. The van der Waals surface area contributed by atoms with Crippen molar-refractivity contribution >= 4 is 22.3 Å². The molecule has 0 spiro atoms. The summed E-state index contributed by atoms with van der Waals surface area (Å²) >= 11 is 0. The number of benzene rings is 1. The number of para-hydroxylation sites is 1. The summed E-state index contributed by atoms with van der Waals surface area (Å²) in [6.45, 7) is 6.05. The van der Waals surface area contributed by atoms with Crippen molar-refractivity contribution in [3.63, 3.8) is 0 Å². The van der Waals surface area contributed by atoms with Gasteiger partial charge in [-0.1, -0.05) is 51.0 Å². The monoisotopic (exact) mass is 283 g/mol. The zero-order valence-corrected chi connectivity index (χ0v) is 13.6. The standard InChI is InChI=1S/C19H25NO/c1-5-7-11-15(10-6-2)19-18(14(3)21)16-12-8-9-13-17(16)20(19)4/h8-9,11-13H,5-7,10H2,1-4H3/b15-11+. The van der Waals surface area contributed by atoms with Crippen LogP contribution < -0.4 is 0 Å². The molecule has 0 aliphatic heterocycles. The first kappa shape index (κ1) is 15.6. The molecule has 1 aromatic heterocycles. The third-order valence-electron chi connectivity index (χ3n) is 3.96. The van der Waals surface area contributed by atoms with Crippen LogP contribution in [0, 0.1) is 0 Å². The number of hydrogen-bond donors (Lipinski definition) is 0. The van der Waals surface area contributed by atoms with E-state index in [2.05, 4.69) is 43.7 Å². The Bertz CT molecular complexity index is 676. The number of carbonyl (C=O) groups is 1. The molecule has 0 atom stereocenters. The molecule has 0 aliphatic carbocycles. The highest BCUT2D eigenvalue weighted by molar-refractivity contribution is 6.11. The number of carbonyl (C=O) groups excluding carboxylic acids is 1. The lowest BCUT2D eigenvalue weighted by Crippen LogP contribution is -2.02. The van der Waals surface area contributed by atoms with E-state index < -0.39 is 0 Å². The van der Waals surface area contributed by atoms with E-state index in [1.165, 1.54) is 5.57 Å². The van der Waals surface area contributed by atoms with E-state index in [-0.39, 0.29) is 5.78 Å². The lowest BCUT2D eigenvalue weighted by Gasteiger charge is -2.11. The maximum absolute atomic E-state index is 12.2. The van der Waals surface area contributed by atoms with Crippen molar-refractivity contribution in [2.24, 2.45) is 7.05 Å². The predicted octanol–water partition coefficient (Wildman–Crippen LogP) is 5.36. The summed E-state index contributed by atoms with van der Waals surface area (Å²) in [5.74, 6) is 0.153. The third kappa shape index (κ3) is 2.94. The SMILES string of the molecule is CCC/C=C(\CCC)c1c(C(C)=O)c2ccccc2n1C. The number of Topliss-reactive ketones (excluding diaryl/α,β-unsaturated/α-hetero) is 1. The van der Waals surface area contributed by atoms with Crippen LogP contribution in [-0.2, 0) is 7.05 Å². The Kier molecular flexibility index (Phi) is 5.00. The first-order valence-electron chi connectivity index (χ1n) is 7.89. The third-order valence-corrected chi connectivity index (χ3v) is 3.96. The smallest absolute Gasteiger partial charge is 0.162 e. The Hall–Kier alpha value is -1.83. The van der Waals surface area contributed by atoms with Gasteiger partial charge < -0.3 is 4.57 Å². The number of hydrogen-bond acceptors (Lipinski definition) is 1. The number of aromatic nitrogens is 1. The molecular weight excluding hydrogens is 258 g/mol.